The van der Waals surface area contributed by atoms with Crippen LogP contribution in [0.5, 0.6) is 0 Å². The summed E-state index contributed by atoms with van der Waals surface area (Å²) in [6, 6.07) is 8.61. The molecule has 1 unspecified atom stereocenters. The lowest BCUT2D eigenvalue weighted by molar-refractivity contribution is 0.453. The Balaban J connectivity index is 1.99. The van der Waals surface area contributed by atoms with E-state index in [2.05, 4.69) is 4.98 Å². The molecule has 0 spiro atoms. The summed E-state index contributed by atoms with van der Waals surface area (Å²) in [7, 11) is 0. The van der Waals surface area contributed by atoms with E-state index in [0.717, 1.165) is 29.9 Å². The Morgan fingerprint density at radius 3 is 2.67 bits per heavy atom. The molecule has 1 aromatic heterocycles. The first-order chi connectivity index (χ1) is 10.1. The van der Waals surface area contributed by atoms with E-state index < -0.39 is 11.4 Å². The van der Waals surface area contributed by atoms with Crippen LogP contribution in [0.4, 0.5) is 10.1 Å². The molecule has 0 aliphatic heterocycles. The number of anilines is 1. The Morgan fingerprint density at radius 2 is 2.05 bits per heavy atom. The van der Waals surface area contributed by atoms with Crippen molar-refractivity contribution in [1.29, 1.82) is 0 Å². The molecule has 0 bridgehead atoms. The number of benzene rings is 1. The van der Waals surface area contributed by atoms with E-state index in [4.69, 9.17) is 11.5 Å². The summed E-state index contributed by atoms with van der Waals surface area (Å²) >= 11 is 0. The predicted molar refractivity (Wildman–Crippen MR) is 82.0 cm³/mol. The van der Waals surface area contributed by atoms with Gasteiger partial charge >= 0.3 is 0 Å². The van der Waals surface area contributed by atoms with Gasteiger partial charge in [0.25, 0.3) is 0 Å². The minimum Gasteiger partial charge on any atom is -0.396 e. The number of rotatable bonds is 5. The van der Waals surface area contributed by atoms with E-state index in [9.17, 15) is 4.39 Å². The maximum absolute atomic E-state index is 13.4. The summed E-state index contributed by atoms with van der Waals surface area (Å²) < 4.78 is 13.4. The van der Waals surface area contributed by atoms with Crippen LogP contribution in [0, 0.1) is 11.7 Å². The lowest BCUT2D eigenvalue weighted by Crippen LogP contribution is -2.38. The zero-order valence-corrected chi connectivity index (χ0v) is 11.9. The van der Waals surface area contributed by atoms with Crippen molar-refractivity contribution in [3.8, 4) is 0 Å². The smallest absolute Gasteiger partial charge is 0.146 e. The fraction of sp³-hybridized carbons (Fsp3) is 0.353. The molecule has 3 rings (SSSR count). The number of aromatic nitrogens is 1. The van der Waals surface area contributed by atoms with Crippen LogP contribution in [0.2, 0.25) is 0 Å². The normalized spacial score (nSPS) is 17.4. The molecule has 0 saturated heterocycles. The van der Waals surface area contributed by atoms with Gasteiger partial charge in [-0.3, -0.25) is 4.98 Å². The lowest BCUT2D eigenvalue weighted by Gasteiger charge is -2.31. The van der Waals surface area contributed by atoms with Crippen molar-refractivity contribution in [2.24, 2.45) is 11.7 Å². The van der Waals surface area contributed by atoms with Crippen LogP contribution in [0.25, 0.3) is 0 Å². The SMILES string of the molecule is Nc1cc(C(N)(CCC2CC2)c2cccnc2)ccc1F. The van der Waals surface area contributed by atoms with Crippen molar-refractivity contribution >= 4 is 5.69 Å². The van der Waals surface area contributed by atoms with Crippen molar-refractivity contribution in [2.45, 2.75) is 31.2 Å². The van der Waals surface area contributed by atoms with E-state index in [1.165, 1.54) is 18.9 Å². The van der Waals surface area contributed by atoms with Gasteiger partial charge in [0.1, 0.15) is 5.82 Å². The number of halogens is 1. The molecule has 0 radical (unpaired) electrons. The highest BCUT2D eigenvalue weighted by Gasteiger charge is 2.33. The third kappa shape index (κ3) is 2.90. The molecular weight excluding hydrogens is 265 g/mol. The second-order valence-corrected chi connectivity index (χ2v) is 5.93. The van der Waals surface area contributed by atoms with Gasteiger partial charge in [0.05, 0.1) is 11.2 Å². The van der Waals surface area contributed by atoms with E-state index in [1.807, 2.05) is 12.1 Å². The second-order valence-electron chi connectivity index (χ2n) is 5.93. The van der Waals surface area contributed by atoms with Crippen LogP contribution in [-0.2, 0) is 5.54 Å². The number of hydrogen-bond donors (Lipinski definition) is 2. The van der Waals surface area contributed by atoms with Crippen LogP contribution in [-0.4, -0.2) is 4.98 Å². The highest BCUT2D eigenvalue weighted by atomic mass is 19.1. The van der Waals surface area contributed by atoms with Gasteiger partial charge in [0.2, 0.25) is 0 Å². The van der Waals surface area contributed by atoms with Crippen LogP contribution in [0.1, 0.15) is 36.8 Å². The first-order valence-electron chi connectivity index (χ1n) is 7.34. The van der Waals surface area contributed by atoms with Gasteiger partial charge in [-0.05, 0) is 48.1 Å². The Kier molecular flexibility index (Phi) is 3.64. The van der Waals surface area contributed by atoms with Crippen molar-refractivity contribution < 1.29 is 4.39 Å². The Labute approximate surface area is 124 Å². The summed E-state index contributed by atoms with van der Waals surface area (Å²) in [6.07, 6.45) is 7.97. The average molecular weight is 285 g/mol. The molecule has 4 heteroatoms. The quantitative estimate of drug-likeness (QED) is 0.829. The van der Waals surface area contributed by atoms with Crippen LogP contribution >= 0.6 is 0 Å². The summed E-state index contributed by atoms with van der Waals surface area (Å²) in [5, 5.41) is 0. The lowest BCUT2D eigenvalue weighted by atomic mass is 9.80. The Bertz CT molecular complexity index is 625. The number of hydrogen-bond acceptors (Lipinski definition) is 3. The fourth-order valence-corrected chi connectivity index (χ4v) is 2.74. The largest absolute Gasteiger partial charge is 0.396 e. The predicted octanol–water partition coefficient (Wildman–Crippen LogP) is 3.20. The van der Waals surface area contributed by atoms with Gasteiger partial charge in [-0.15, -0.1) is 0 Å². The number of nitrogens with zero attached hydrogens (tertiary/aromatic N) is 1. The molecule has 1 atom stereocenters. The van der Waals surface area contributed by atoms with Crippen molar-refractivity contribution in [2.75, 3.05) is 5.73 Å². The van der Waals surface area contributed by atoms with Crippen molar-refractivity contribution in [1.82, 2.24) is 4.98 Å². The first-order valence-corrected chi connectivity index (χ1v) is 7.34. The molecule has 1 aliphatic carbocycles. The third-order valence-electron chi connectivity index (χ3n) is 4.33. The standard InChI is InChI=1S/C17H20FN3/c18-15-6-5-13(10-16(15)19)17(20,8-7-12-3-4-12)14-2-1-9-21-11-14/h1-2,5-6,9-12H,3-4,7-8,19-20H2. The molecule has 1 saturated carbocycles. The topological polar surface area (TPSA) is 64.9 Å². The van der Waals surface area contributed by atoms with Crippen LogP contribution in [0.3, 0.4) is 0 Å². The highest BCUT2D eigenvalue weighted by Crippen LogP contribution is 2.40. The maximum atomic E-state index is 13.4. The van der Waals surface area contributed by atoms with Gasteiger partial charge in [0, 0.05) is 12.4 Å². The van der Waals surface area contributed by atoms with Gasteiger partial charge < -0.3 is 11.5 Å². The second kappa shape index (κ2) is 5.45. The summed E-state index contributed by atoms with van der Waals surface area (Å²) in [5.74, 6) is 0.372. The average Bonchev–Trinajstić information content (AvgIpc) is 3.33. The molecule has 1 aromatic carbocycles. The van der Waals surface area contributed by atoms with E-state index in [1.54, 1.807) is 24.5 Å². The molecule has 1 fully saturated rings. The van der Waals surface area contributed by atoms with E-state index in [0.29, 0.717) is 0 Å². The van der Waals surface area contributed by atoms with Gasteiger partial charge in [-0.2, -0.15) is 0 Å². The van der Waals surface area contributed by atoms with E-state index >= 15 is 0 Å². The Morgan fingerprint density at radius 1 is 1.24 bits per heavy atom. The van der Waals surface area contributed by atoms with Gasteiger partial charge in [-0.1, -0.05) is 25.0 Å². The van der Waals surface area contributed by atoms with Gasteiger partial charge in [0.15, 0.2) is 0 Å². The van der Waals surface area contributed by atoms with Crippen LogP contribution in [0.15, 0.2) is 42.7 Å². The zero-order chi connectivity index (χ0) is 14.9. The minimum absolute atomic E-state index is 0.137. The third-order valence-corrected chi connectivity index (χ3v) is 4.33. The van der Waals surface area contributed by atoms with Crippen molar-refractivity contribution in [3.63, 3.8) is 0 Å². The highest BCUT2D eigenvalue weighted by molar-refractivity contribution is 5.47. The summed E-state index contributed by atoms with van der Waals surface area (Å²) in [5.41, 5.74) is 13.7. The molecule has 4 N–H and O–H groups in total. The van der Waals surface area contributed by atoms with Crippen molar-refractivity contribution in [3.05, 3.63) is 59.7 Å². The number of nitrogen functional groups attached to an aromatic ring is 1. The number of pyridine rings is 1. The number of nitrogens with two attached hydrogens (primary N) is 2. The molecule has 3 nitrogen and oxygen atoms in total. The maximum Gasteiger partial charge on any atom is 0.146 e. The molecular formula is C17H20FN3. The summed E-state index contributed by atoms with van der Waals surface area (Å²) in [6.45, 7) is 0. The molecule has 0 amide bonds. The molecule has 1 heterocycles. The van der Waals surface area contributed by atoms with Crippen LogP contribution < -0.4 is 11.5 Å². The molecule has 21 heavy (non-hydrogen) atoms. The molecule has 2 aromatic rings. The first kappa shape index (κ1) is 14.0. The zero-order valence-electron chi connectivity index (χ0n) is 11.9. The molecule has 1 aliphatic rings. The molecule has 110 valence electrons. The van der Waals surface area contributed by atoms with Gasteiger partial charge in [-0.25, -0.2) is 4.39 Å². The Hall–Kier alpha value is -1.94. The fourth-order valence-electron chi connectivity index (χ4n) is 2.74. The minimum atomic E-state index is -0.668. The van der Waals surface area contributed by atoms with E-state index in [-0.39, 0.29) is 5.69 Å². The monoisotopic (exact) mass is 285 g/mol. The summed E-state index contributed by atoms with van der Waals surface area (Å²) in [4.78, 5) is 4.17.